The number of hydrogen-bond donors (Lipinski definition) is 1. The summed E-state index contributed by atoms with van der Waals surface area (Å²) in [6, 6.07) is 4.11. The standard InChI is InChI=1S/C14H18ClNO2/c1-9-6-10(2)14(12(15)7-9)16-5-3-4-11(16)8-13(17)18/h6-7,11H,3-5,8H2,1-2H3,(H,17,18). The molecule has 1 atom stereocenters. The van der Waals surface area contributed by atoms with Crippen molar-refractivity contribution in [2.45, 2.75) is 39.2 Å². The summed E-state index contributed by atoms with van der Waals surface area (Å²) in [5, 5.41) is 9.69. The van der Waals surface area contributed by atoms with Gasteiger partial charge in [0.25, 0.3) is 0 Å². The van der Waals surface area contributed by atoms with Crippen LogP contribution in [0.25, 0.3) is 0 Å². The lowest BCUT2D eigenvalue weighted by Crippen LogP contribution is -2.32. The summed E-state index contributed by atoms with van der Waals surface area (Å²) in [4.78, 5) is 13.1. The van der Waals surface area contributed by atoms with E-state index in [4.69, 9.17) is 16.7 Å². The first-order chi connectivity index (χ1) is 8.49. The van der Waals surface area contributed by atoms with E-state index in [-0.39, 0.29) is 12.5 Å². The maximum absolute atomic E-state index is 10.9. The number of carboxylic acid groups (broad SMARTS) is 1. The number of carbonyl (C=O) groups is 1. The topological polar surface area (TPSA) is 40.5 Å². The van der Waals surface area contributed by atoms with Gasteiger partial charge in [-0.1, -0.05) is 17.7 Å². The molecule has 0 saturated carbocycles. The molecular formula is C14H18ClNO2. The van der Waals surface area contributed by atoms with Gasteiger partial charge in [-0.15, -0.1) is 0 Å². The molecule has 1 fully saturated rings. The molecule has 1 aliphatic rings. The summed E-state index contributed by atoms with van der Waals surface area (Å²) in [7, 11) is 0. The summed E-state index contributed by atoms with van der Waals surface area (Å²) >= 11 is 6.33. The fraction of sp³-hybridized carbons (Fsp3) is 0.500. The van der Waals surface area contributed by atoms with Crippen molar-refractivity contribution in [3.05, 3.63) is 28.3 Å². The van der Waals surface area contributed by atoms with E-state index in [0.717, 1.165) is 41.2 Å². The maximum atomic E-state index is 10.9. The van der Waals surface area contributed by atoms with E-state index in [1.165, 1.54) is 0 Å². The van der Waals surface area contributed by atoms with Crippen LogP contribution < -0.4 is 4.90 Å². The second-order valence-electron chi connectivity index (χ2n) is 5.00. The number of hydrogen-bond acceptors (Lipinski definition) is 2. The fourth-order valence-corrected chi connectivity index (χ4v) is 3.25. The molecule has 1 unspecified atom stereocenters. The summed E-state index contributed by atoms with van der Waals surface area (Å²) in [6.07, 6.45) is 2.14. The third kappa shape index (κ3) is 2.61. The summed E-state index contributed by atoms with van der Waals surface area (Å²) in [5.41, 5.74) is 3.26. The molecule has 0 aliphatic carbocycles. The Balaban J connectivity index is 2.33. The van der Waals surface area contributed by atoms with Crippen LogP contribution in [0, 0.1) is 13.8 Å². The van der Waals surface area contributed by atoms with Crippen LogP contribution in [0.2, 0.25) is 5.02 Å². The number of rotatable bonds is 3. The highest BCUT2D eigenvalue weighted by Gasteiger charge is 2.29. The van der Waals surface area contributed by atoms with Gasteiger partial charge in [0, 0.05) is 12.6 Å². The number of benzene rings is 1. The average Bonchev–Trinajstić information content (AvgIpc) is 2.63. The van der Waals surface area contributed by atoms with Crippen molar-refractivity contribution in [1.29, 1.82) is 0 Å². The van der Waals surface area contributed by atoms with Gasteiger partial charge in [-0.05, 0) is 43.9 Å². The zero-order chi connectivity index (χ0) is 13.3. The van der Waals surface area contributed by atoms with Crippen molar-refractivity contribution < 1.29 is 9.90 Å². The Labute approximate surface area is 112 Å². The van der Waals surface area contributed by atoms with E-state index < -0.39 is 5.97 Å². The van der Waals surface area contributed by atoms with E-state index in [0.29, 0.717) is 0 Å². The van der Waals surface area contributed by atoms with Crippen molar-refractivity contribution in [1.82, 2.24) is 0 Å². The minimum absolute atomic E-state index is 0.0707. The maximum Gasteiger partial charge on any atom is 0.305 e. The summed E-state index contributed by atoms with van der Waals surface area (Å²) < 4.78 is 0. The first-order valence-corrected chi connectivity index (χ1v) is 6.62. The molecule has 0 bridgehead atoms. The molecule has 18 heavy (non-hydrogen) atoms. The van der Waals surface area contributed by atoms with Crippen molar-refractivity contribution in [3.8, 4) is 0 Å². The lowest BCUT2D eigenvalue weighted by molar-refractivity contribution is -0.137. The summed E-state index contributed by atoms with van der Waals surface area (Å²) in [5.74, 6) is -0.743. The molecule has 0 amide bonds. The number of nitrogens with zero attached hydrogens (tertiary/aromatic N) is 1. The Hall–Kier alpha value is -1.22. The van der Waals surface area contributed by atoms with E-state index in [1.54, 1.807) is 0 Å². The highest BCUT2D eigenvalue weighted by atomic mass is 35.5. The van der Waals surface area contributed by atoms with Gasteiger partial charge in [0.15, 0.2) is 0 Å². The number of anilines is 1. The third-order valence-electron chi connectivity index (χ3n) is 3.47. The van der Waals surface area contributed by atoms with Crippen molar-refractivity contribution in [3.63, 3.8) is 0 Å². The van der Waals surface area contributed by atoms with Gasteiger partial charge in [-0.2, -0.15) is 0 Å². The van der Waals surface area contributed by atoms with E-state index in [1.807, 2.05) is 19.9 Å². The molecule has 1 N–H and O–H groups in total. The number of aliphatic carboxylic acids is 1. The van der Waals surface area contributed by atoms with Crippen LogP contribution in [-0.4, -0.2) is 23.7 Å². The molecule has 0 aromatic heterocycles. The van der Waals surface area contributed by atoms with Gasteiger partial charge in [-0.25, -0.2) is 0 Å². The Bertz CT molecular complexity index is 450. The fourth-order valence-electron chi connectivity index (χ4n) is 2.82. The number of carboxylic acids is 1. The lowest BCUT2D eigenvalue weighted by atomic mass is 10.1. The predicted octanol–water partition coefficient (Wildman–Crippen LogP) is 3.40. The molecule has 1 aromatic rings. The molecule has 0 spiro atoms. The second-order valence-corrected chi connectivity index (χ2v) is 5.41. The van der Waals surface area contributed by atoms with Crippen LogP contribution in [0.4, 0.5) is 5.69 Å². The van der Waals surface area contributed by atoms with Gasteiger partial charge < -0.3 is 10.0 Å². The van der Waals surface area contributed by atoms with Gasteiger partial charge in [0.2, 0.25) is 0 Å². The molecular weight excluding hydrogens is 250 g/mol. The van der Waals surface area contributed by atoms with Crippen LogP contribution in [0.5, 0.6) is 0 Å². The molecule has 3 nitrogen and oxygen atoms in total. The largest absolute Gasteiger partial charge is 0.481 e. The first kappa shape index (κ1) is 13.2. The quantitative estimate of drug-likeness (QED) is 0.912. The summed E-state index contributed by atoms with van der Waals surface area (Å²) in [6.45, 7) is 4.94. The van der Waals surface area contributed by atoms with Crippen LogP contribution >= 0.6 is 11.6 Å². The number of halogens is 1. The molecule has 1 aliphatic heterocycles. The monoisotopic (exact) mass is 267 g/mol. The van der Waals surface area contributed by atoms with Crippen LogP contribution in [-0.2, 0) is 4.79 Å². The Kier molecular flexibility index (Phi) is 3.81. The Morgan fingerprint density at radius 1 is 1.50 bits per heavy atom. The first-order valence-electron chi connectivity index (χ1n) is 6.24. The molecule has 1 heterocycles. The molecule has 4 heteroatoms. The lowest BCUT2D eigenvalue weighted by Gasteiger charge is -2.28. The molecule has 1 saturated heterocycles. The van der Waals surface area contributed by atoms with Gasteiger partial charge in [-0.3, -0.25) is 4.79 Å². The minimum Gasteiger partial charge on any atom is -0.481 e. The smallest absolute Gasteiger partial charge is 0.305 e. The normalized spacial score (nSPS) is 19.3. The van der Waals surface area contributed by atoms with Crippen molar-refractivity contribution >= 4 is 23.3 Å². The molecule has 0 radical (unpaired) electrons. The van der Waals surface area contributed by atoms with Gasteiger partial charge in [0.05, 0.1) is 17.1 Å². The van der Waals surface area contributed by atoms with E-state index >= 15 is 0 Å². The second kappa shape index (κ2) is 5.19. The highest BCUT2D eigenvalue weighted by Crippen LogP contribution is 2.36. The van der Waals surface area contributed by atoms with E-state index in [2.05, 4.69) is 11.0 Å². The zero-order valence-electron chi connectivity index (χ0n) is 10.7. The van der Waals surface area contributed by atoms with Gasteiger partial charge in [0.1, 0.15) is 0 Å². The van der Waals surface area contributed by atoms with E-state index in [9.17, 15) is 4.79 Å². The Morgan fingerprint density at radius 3 is 2.83 bits per heavy atom. The third-order valence-corrected chi connectivity index (χ3v) is 3.76. The zero-order valence-corrected chi connectivity index (χ0v) is 11.5. The SMILES string of the molecule is Cc1cc(C)c(N2CCCC2CC(=O)O)c(Cl)c1. The molecule has 1 aromatic carbocycles. The molecule has 98 valence electrons. The predicted molar refractivity (Wildman–Crippen MR) is 73.5 cm³/mol. The minimum atomic E-state index is -0.743. The highest BCUT2D eigenvalue weighted by molar-refractivity contribution is 6.33. The number of aryl methyl sites for hydroxylation is 2. The molecule has 2 rings (SSSR count). The Morgan fingerprint density at radius 2 is 2.22 bits per heavy atom. The van der Waals surface area contributed by atoms with Crippen molar-refractivity contribution in [2.75, 3.05) is 11.4 Å². The van der Waals surface area contributed by atoms with Crippen LogP contribution in [0.3, 0.4) is 0 Å². The van der Waals surface area contributed by atoms with Crippen molar-refractivity contribution in [2.24, 2.45) is 0 Å². The van der Waals surface area contributed by atoms with Crippen LogP contribution in [0.1, 0.15) is 30.4 Å². The van der Waals surface area contributed by atoms with Crippen LogP contribution in [0.15, 0.2) is 12.1 Å². The average molecular weight is 268 g/mol. The van der Waals surface area contributed by atoms with Gasteiger partial charge >= 0.3 is 5.97 Å².